The minimum Gasteiger partial charge on any atom is -0.342 e. The van der Waals surface area contributed by atoms with Crippen molar-refractivity contribution in [3.63, 3.8) is 0 Å². The molecule has 0 unspecified atom stereocenters. The number of aromatic amines is 1. The zero-order valence-electron chi connectivity index (χ0n) is 12.5. The highest BCUT2D eigenvalue weighted by Crippen LogP contribution is 2.15. The fraction of sp³-hybridized carbons (Fsp3) is 0.375. The number of hydrogen-bond acceptors (Lipinski definition) is 3. The largest absolute Gasteiger partial charge is 0.342 e. The summed E-state index contributed by atoms with van der Waals surface area (Å²) >= 11 is 0. The molecule has 0 aliphatic carbocycles. The van der Waals surface area contributed by atoms with Gasteiger partial charge in [0, 0.05) is 37.9 Å². The van der Waals surface area contributed by atoms with E-state index in [2.05, 4.69) is 56.9 Å². The summed E-state index contributed by atoms with van der Waals surface area (Å²) in [5, 5.41) is 3.52. The average Bonchev–Trinajstić information content (AvgIpc) is 3.08. The van der Waals surface area contributed by atoms with Crippen LogP contribution in [0.3, 0.4) is 0 Å². The van der Waals surface area contributed by atoms with E-state index in [1.54, 1.807) is 0 Å². The molecule has 0 saturated heterocycles. The summed E-state index contributed by atoms with van der Waals surface area (Å²) in [5.41, 5.74) is 3.42. The Morgan fingerprint density at radius 3 is 3.05 bits per heavy atom. The summed E-state index contributed by atoms with van der Waals surface area (Å²) in [4.78, 5) is 12.1. The van der Waals surface area contributed by atoms with E-state index in [4.69, 9.17) is 0 Å². The van der Waals surface area contributed by atoms with Crippen LogP contribution in [0.5, 0.6) is 0 Å². The van der Waals surface area contributed by atoms with Crippen LogP contribution in [0.4, 0.5) is 0 Å². The Kier molecular flexibility index (Phi) is 4.01. The van der Waals surface area contributed by atoms with Crippen LogP contribution in [0.15, 0.2) is 36.9 Å². The minimum atomic E-state index is 0.408. The average molecular weight is 283 g/mol. The van der Waals surface area contributed by atoms with E-state index in [0.717, 1.165) is 36.4 Å². The lowest BCUT2D eigenvalue weighted by Gasteiger charge is -2.13. The van der Waals surface area contributed by atoms with Crippen LogP contribution in [0.1, 0.15) is 18.3 Å². The van der Waals surface area contributed by atoms with Crippen molar-refractivity contribution in [2.24, 2.45) is 0 Å². The summed E-state index contributed by atoms with van der Waals surface area (Å²) in [7, 11) is 0. The highest BCUT2D eigenvalue weighted by Gasteiger charge is 2.06. The quantitative estimate of drug-likeness (QED) is 0.729. The summed E-state index contributed by atoms with van der Waals surface area (Å²) < 4.78 is 2.09. The van der Waals surface area contributed by atoms with Gasteiger partial charge < -0.3 is 14.9 Å². The molecule has 1 aromatic carbocycles. The fourth-order valence-electron chi connectivity index (χ4n) is 2.56. The molecule has 3 aromatic rings. The molecule has 21 heavy (non-hydrogen) atoms. The highest BCUT2D eigenvalue weighted by atomic mass is 15.1. The predicted octanol–water partition coefficient (Wildman–Crippen LogP) is 2.29. The molecule has 0 radical (unpaired) electrons. The SMILES string of the molecule is Cc1cccc2[nH]c(CCN[C@@H](C)Cn3ccnc3)nc12. The lowest BCUT2D eigenvalue weighted by atomic mass is 10.2. The van der Waals surface area contributed by atoms with Crippen molar-refractivity contribution >= 4 is 11.0 Å². The van der Waals surface area contributed by atoms with Crippen molar-refractivity contribution in [1.29, 1.82) is 0 Å². The third-order valence-corrected chi connectivity index (χ3v) is 3.66. The molecule has 0 amide bonds. The van der Waals surface area contributed by atoms with Gasteiger partial charge in [-0.1, -0.05) is 12.1 Å². The second-order valence-electron chi connectivity index (χ2n) is 5.52. The zero-order chi connectivity index (χ0) is 14.7. The second kappa shape index (κ2) is 6.10. The monoisotopic (exact) mass is 283 g/mol. The molecule has 1 atom stereocenters. The maximum atomic E-state index is 4.67. The van der Waals surface area contributed by atoms with Crippen LogP contribution in [-0.2, 0) is 13.0 Å². The number of nitrogens with zero attached hydrogens (tertiary/aromatic N) is 3. The van der Waals surface area contributed by atoms with E-state index < -0.39 is 0 Å². The third kappa shape index (κ3) is 3.31. The number of aromatic nitrogens is 4. The Bertz CT molecular complexity index is 699. The molecule has 0 spiro atoms. The van der Waals surface area contributed by atoms with E-state index in [-0.39, 0.29) is 0 Å². The first-order valence-electron chi connectivity index (χ1n) is 7.35. The molecule has 0 aliphatic heterocycles. The number of rotatable bonds is 6. The van der Waals surface area contributed by atoms with Gasteiger partial charge in [0.15, 0.2) is 0 Å². The second-order valence-corrected chi connectivity index (χ2v) is 5.52. The van der Waals surface area contributed by atoms with Gasteiger partial charge in [-0.25, -0.2) is 9.97 Å². The first-order chi connectivity index (χ1) is 10.2. The molecule has 0 aliphatic rings. The van der Waals surface area contributed by atoms with Gasteiger partial charge in [0.05, 0.1) is 17.4 Å². The topological polar surface area (TPSA) is 58.5 Å². The van der Waals surface area contributed by atoms with Gasteiger partial charge in [0.25, 0.3) is 0 Å². The van der Waals surface area contributed by atoms with Crippen LogP contribution in [0.2, 0.25) is 0 Å². The van der Waals surface area contributed by atoms with Gasteiger partial charge in [0.1, 0.15) is 5.82 Å². The molecule has 5 nitrogen and oxygen atoms in total. The highest BCUT2D eigenvalue weighted by molar-refractivity contribution is 5.78. The lowest BCUT2D eigenvalue weighted by Crippen LogP contribution is -2.31. The molecule has 2 heterocycles. The van der Waals surface area contributed by atoms with Crippen molar-refractivity contribution in [3.8, 4) is 0 Å². The molecule has 3 rings (SSSR count). The normalized spacial score (nSPS) is 12.9. The summed E-state index contributed by atoms with van der Waals surface area (Å²) in [6.07, 6.45) is 6.55. The first kappa shape index (κ1) is 13.8. The Balaban J connectivity index is 1.53. The van der Waals surface area contributed by atoms with Crippen molar-refractivity contribution in [2.45, 2.75) is 32.9 Å². The molecular weight excluding hydrogens is 262 g/mol. The van der Waals surface area contributed by atoms with Crippen LogP contribution in [0, 0.1) is 6.92 Å². The maximum Gasteiger partial charge on any atom is 0.108 e. The molecule has 0 saturated carbocycles. The Morgan fingerprint density at radius 1 is 1.38 bits per heavy atom. The van der Waals surface area contributed by atoms with E-state index >= 15 is 0 Å². The number of nitrogens with one attached hydrogen (secondary N) is 2. The molecule has 0 bridgehead atoms. The number of imidazole rings is 2. The number of H-pyrrole nitrogens is 1. The van der Waals surface area contributed by atoms with Crippen LogP contribution in [0.25, 0.3) is 11.0 Å². The third-order valence-electron chi connectivity index (χ3n) is 3.66. The van der Waals surface area contributed by atoms with Gasteiger partial charge in [-0.05, 0) is 25.5 Å². The summed E-state index contributed by atoms with van der Waals surface area (Å²) in [6, 6.07) is 6.64. The van der Waals surface area contributed by atoms with Gasteiger partial charge in [-0.3, -0.25) is 0 Å². The van der Waals surface area contributed by atoms with Crippen molar-refractivity contribution in [1.82, 2.24) is 24.8 Å². The van der Waals surface area contributed by atoms with Gasteiger partial charge in [-0.15, -0.1) is 0 Å². The van der Waals surface area contributed by atoms with Crippen LogP contribution >= 0.6 is 0 Å². The zero-order valence-corrected chi connectivity index (χ0v) is 12.5. The van der Waals surface area contributed by atoms with Crippen LogP contribution in [-0.4, -0.2) is 32.1 Å². The lowest BCUT2D eigenvalue weighted by molar-refractivity contribution is 0.478. The van der Waals surface area contributed by atoms with Crippen molar-refractivity contribution in [2.75, 3.05) is 6.54 Å². The number of aryl methyl sites for hydroxylation is 1. The first-order valence-corrected chi connectivity index (χ1v) is 7.35. The molecule has 0 fully saturated rings. The summed E-state index contributed by atoms with van der Waals surface area (Å²) in [5.74, 6) is 1.04. The Hall–Kier alpha value is -2.14. The van der Waals surface area contributed by atoms with Gasteiger partial charge in [-0.2, -0.15) is 0 Å². The standard InChI is InChI=1S/C16H21N5/c1-12-4-3-5-14-16(12)20-15(19-14)6-7-18-13(2)10-21-9-8-17-11-21/h3-5,8-9,11,13,18H,6-7,10H2,1-2H3,(H,19,20)/t13-/m0/s1. The number of fused-ring (bicyclic) bond motifs is 1. The molecule has 110 valence electrons. The molecule has 5 heteroatoms. The summed E-state index contributed by atoms with van der Waals surface area (Å²) in [6.45, 7) is 6.12. The van der Waals surface area contributed by atoms with E-state index in [0.29, 0.717) is 6.04 Å². The molecule has 2 aromatic heterocycles. The smallest absolute Gasteiger partial charge is 0.108 e. The fourth-order valence-corrected chi connectivity index (χ4v) is 2.56. The van der Waals surface area contributed by atoms with E-state index in [1.165, 1.54) is 5.56 Å². The van der Waals surface area contributed by atoms with E-state index in [9.17, 15) is 0 Å². The van der Waals surface area contributed by atoms with Gasteiger partial charge >= 0.3 is 0 Å². The van der Waals surface area contributed by atoms with Gasteiger partial charge in [0.2, 0.25) is 0 Å². The number of hydrogen-bond donors (Lipinski definition) is 2. The van der Waals surface area contributed by atoms with Crippen LogP contribution < -0.4 is 5.32 Å². The minimum absolute atomic E-state index is 0.408. The molecule has 2 N–H and O–H groups in total. The van der Waals surface area contributed by atoms with Crippen molar-refractivity contribution in [3.05, 3.63) is 48.3 Å². The van der Waals surface area contributed by atoms with E-state index in [1.807, 2.05) is 18.7 Å². The Labute approximate surface area is 124 Å². The Morgan fingerprint density at radius 2 is 2.29 bits per heavy atom. The number of para-hydroxylation sites is 1. The predicted molar refractivity (Wildman–Crippen MR) is 84.2 cm³/mol. The van der Waals surface area contributed by atoms with Crippen molar-refractivity contribution < 1.29 is 0 Å². The number of benzene rings is 1. The molecular formula is C16H21N5. The maximum absolute atomic E-state index is 4.67.